The summed E-state index contributed by atoms with van der Waals surface area (Å²) in [5.41, 5.74) is 0.470. The molecule has 0 radical (unpaired) electrons. The molecule has 2 N–H and O–H groups in total. The molecule has 1 aromatic heterocycles. The first-order chi connectivity index (χ1) is 6.70. The highest BCUT2D eigenvalue weighted by Crippen LogP contribution is 2.30. The molecule has 0 aliphatic rings. The van der Waals surface area contributed by atoms with E-state index in [1.807, 2.05) is 24.3 Å². The lowest BCUT2D eigenvalue weighted by Gasteiger charge is -2.02. The molecule has 0 fully saturated rings. The second-order valence-corrected chi connectivity index (χ2v) is 3.84. The lowest BCUT2D eigenvalue weighted by Crippen LogP contribution is -2.09. The molecule has 72 valence electrons. The fraction of sp³-hybridized carbons (Fsp3) is 0.100. The van der Waals surface area contributed by atoms with Gasteiger partial charge in [0.25, 0.3) is 0 Å². The maximum atomic E-state index is 10.6. The number of rotatable bonds is 2. The van der Waals surface area contributed by atoms with Crippen molar-refractivity contribution in [2.24, 2.45) is 0 Å². The van der Waals surface area contributed by atoms with E-state index in [-0.39, 0.29) is 0 Å². The molecule has 0 saturated heterocycles. The number of aliphatic carboxylic acids is 1. The van der Waals surface area contributed by atoms with Crippen molar-refractivity contribution in [1.29, 1.82) is 0 Å². The minimum absolute atomic E-state index is 0.470. The second kappa shape index (κ2) is 3.40. The number of aliphatic hydroxyl groups is 1. The van der Waals surface area contributed by atoms with E-state index < -0.39 is 12.1 Å². The van der Waals surface area contributed by atoms with Crippen molar-refractivity contribution >= 4 is 27.4 Å². The van der Waals surface area contributed by atoms with Crippen LogP contribution in [-0.2, 0) is 4.79 Å². The zero-order valence-electron chi connectivity index (χ0n) is 7.18. The topological polar surface area (TPSA) is 57.5 Å². The van der Waals surface area contributed by atoms with E-state index >= 15 is 0 Å². The molecule has 1 atom stereocenters. The van der Waals surface area contributed by atoms with Gasteiger partial charge in [-0.05, 0) is 16.8 Å². The van der Waals surface area contributed by atoms with Crippen LogP contribution in [0.3, 0.4) is 0 Å². The molecular formula is C10H8O3S. The molecule has 3 nitrogen and oxygen atoms in total. The number of carboxylic acids is 1. The predicted molar refractivity (Wildman–Crippen MR) is 54.4 cm³/mol. The van der Waals surface area contributed by atoms with Gasteiger partial charge >= 0.3 is 5.97 Å². The van der Waals surface area contributed by atoms with Crippen molar-refractivity contribution in [3.05, 3.63) is 35.2 Å². The van der Waals surface area contributed by atoms with Gasteiger partial charge in [-0.15, -0.1) is 11.3 Å². The van der Waals surface area contributed by atoms with E-state index in [0.717, 1.165) is 10.1 Å². The number of aliphatic hydroxyl groups excluding tert-OH is 1. The van der Waals surface area contributed by atoms with E-state index in [9.17, 15) is 9.90 Å². The Morgan fingerprint density at radius 3 is 2.79 bits per heavy atom. The normalized spacial score (nSPS) is 12.9. The SMILES string of the molecule is O=C(O)[C@@H](O)c1csc2ccccc12. The van der Waals surface area contributed by atoms with Crippen molar-refractivity contribution in [1.82, 2.24) is 0 Å². The number of thiophene rings is 1. The molecule has 4 heteroatoms. The highest BCUT2D eigenvalue weighted by molar-refractivity contribution is 7.17. The van der Waals surface area contributed by atoms with Crippen molar-refractivity contribution in [3.63, 3.8) is 0 Å². The number of carbonyl (C=O) groups is 1. The molecule has 14 heavy (non-hydrogen) atoms. The zero-order chi connectivity index (χ0) is 10.1. The van der Waals surface area contributed by atoms with Gasteiger partial charge in [-0.25, -0.2) is 4.79 Å². The fourth-order valence-corrected chi connectivity index (χ4v) is 2.32. The largest absolute Gasteiger partial charge is 0.479 e. The first-order valence-electron chi connectivity index (χ1n) is 4.07. The number of fused-ring (bicyclic) bond motifs is 1. The van der Waals surface area contributed by atoms with Crippen LogP contribution < -0.4 is 0 Å². The van der Waals surface area contributed by atoms with Crippen molar-refractivity contribution < 1.29 is 15.0 Å². The van der Waals surface area contributed by atoms with Crippen LogP contribution in [-0.4, -0.2) is 16.2 Å². The van der Waals surface area contributed by atoms with Crippen LogP contribution >= 0.6 is 11.3 Å². The van der Waals surface area contributed by atoms with Crippen molar-refractivity contribution in [3.8, 4) is 0 Å². The average Bonchev–Trinajstić information content (AvgIpc) is 2.60. The third kappa shape index (κ3) is 1.38. The van der Waals surface area contributed by atoms with Crippen LogP contribution in [0, 0.1) is 0 Å². The molecule has 1 aromatic carbocycles. The number of benzene rings is 1. The average molecular weight is 208 g/mol. The molecule has 0 spiro atoms. The van der Waals surface area contributed by atoms with E-state index in [1.165, 1.54) is 11.3 Å². The maximum Gasteiger partial charge on any atom is 0.337 e. The Morgan fingerprint density at radius 1 is 1.36 bits per heavy atom. The third-order valence-electron chi connectivity index (χ3n) is 2.04. The quantitative estimate of drug-likeness (QED) is 0.793. The van der Waals surface area contributed by atoms with Crippen molar-refractivity contribution in [2.75, 3.05) is 0 Å². The molecule has 0 aliphatic carbocycles. The highest BCUT2D eigenvalue weighted by Gasteiger charge is 2.19. The van der Waals surface area contributed by atoms with Crippen LogP contribution in [0.25, 0.3) is 10.1 Å². The maximum absolute atomic E-state index is 10.6. The number of hydrogen-bond donors (Lipinski definition) is 2. The van der Waals surface area contributed by atoms with Crippen LogP contribution in [0.4, 0.5) is 0 Å². The lowest BCUT2D eigenvalue weighted by atomic mass is 10.1. The van der Waals surface area contributed by atoms with Crippen molar-refractivity contribution in [2.45, 2.75) is 6.10 Å². The standard InChI is InChI=1S/C10H8O3S/c11-9(10(12)13)7-5-14-8-4-2-1-3-6(7)8/h1-5,9,11H,(H,12,13)/t9-/m0/s1. The van der Waals surface area contributed by atoms with Gasteiger partial charge < -0.3 is 10.2 Å². The van der Waals surface area contributed by atoms with Gasteiger partial charge in [-0.2, -0.15) is 0 Å². The second-order valence-electron chi connectivity index (χ2n) is 2.93. The third-order valence-corrected chi connectivity index (χ3v) is 3.02. The zero-order valence-corrected chi connectivity index (χ0v) is 7.99. The van der Waals surface area contributed by atoms with E-state index in [1.54, 1.807) is 5.38 Å². The minimum atomic E-state index is -1.42. The Hall–Kier alpha value is -1.39. The highest BCUT2D eigenvalue weighted by atomic mass is 32.1. The van der Waals surface area contributed by atoms with E-state index in [4.69, 9.17) is 5.11 Å². The van der Waals surface area contributed by atoms with Gasteiger partial charge in [0, 0.05) is 10.3 Å². The van der Waals surface area contributed by atoms with Gasteiger partial charge in [0.05, 0.1) is 0 Å². The Bertz CT molecular complexity index is 475. The van der Waals surface area contributed by atoms with Gasteiger partial charge in [-0.1, -0.05) is 18.2 Å². The number of carboxylic acid groups (broad SMARTS) is 1. The van der Waals surface area contributed by atoms with Crippen LogP contribution in [0.2, 0.25) is 0 Å². The Kier molecular flexibility index (Phi) is 2.23. The first-order valence-corrected chi connectivity index (χ1v) is 4.95. The van der Waals surface area contributed by atoms with Crippen LogP contribution in [0.15, 0.2) is 29.6 Å². The Morgan fingerprint density at radius 2 is 2.07 bits per heavy atom. The monoisotopic (exact) mass is 208 g/mol. The first kappa shape index (κ1) is 9.18. The molecule has 0 aliphatic heterocycles. The smallest absolute Gasteiger partial charge is 0.337 e. The Balaban J connectivity index is 2.58. The molecule has 2 rings (SSSR count). The summed E-state index contributed by atoms with van der Waals surface area (Å²) in [7, 11) is 0. The summed E-state index contributed by atoms with van der Waals surface area (Å²) in [6.07, 6.45) is -1.42. The minimum Gasteiger partial charge on any atom is -0.479 e. The van der Waals surface area contributed by atoms with Gasteiger partial charge in [0.2, 0.25) is 0 Å². The molecule has 1 heterocycles. The summed E-state index contributed by atoms with van der Waals surface area (Å²) in [5, 5.41) is 20.6. The summed E-state index contributed by atoms with van der Waals surface area (Å²) >= 11 is 1.44. The predicted octanol–water partition coefficient (Wildman–Crippen LogP) is 2.02. The molecule has 0 bridgehead atoms. The van der Waals surface area contributed by atoms with Gasteiger partial charge in [0.15, 0.2) is 6.10 Å². The summed E-state index contributed by atoms with van der Waals surface area (Å²) in [4.78, 5) is 10.6. The van der Waals surface area contributed by atoms with E-state index in [2.05, 4.69) is 0 Å². The summed E-state index contributed by atoms with van der Waals surface area (Å²) in [5.74, 6) is -1.21. The summed E-state index contributed by atoms with van der Waals surface area (Å²) in [6.45, 7) is 0. The summed E-state index contributed by atoms with van der Waals surface area (Å²) < 4.78 is 0.989. The van der Waals surface area contributed by atoms with Crippen LogP contribution in [0.5, 0.6) is 0 Å². The fourth-order valence-electron chi connectivity index (χ4n) is 1.34. The molecular weight excluding hydrogens is 200 g/mol. The van der Waals surface area contributed by atoms with Gasteiger partial charge in [-0.3, -0.25) is 0 Å². The van der Waals surface area contributed by atoms with Crippen LogP contribution in [0.1, 0.15) is 11.7 Å². The van der Waals surface area contributed by atoms with E-state index in [0.29, 0.717) is 5.56 Å². The molecule has 0 amide bonds. The molecule has 0 unspecified atom stereocenters. The summed E-state index contributed by atoms with van der Waals surface area (Å²) in [6, 6.07) is 7.42. The molecule has 0 saturated carbocycles. The van der Waals surface area contributed by atoms with Gasteiger partial charge in [0.1, 0.15) is 0 Å². The Labute approximate surface area is 84.2 Å². The molecule has 2 aromatic rings. The number of hydrogen-bond acceptors (Lipinski definition) is 3. The lowest BCUT2D eigenvalue weighted by molar-refractivity contribution is -0.146.